The van der Waals surface area contributed by atoms with Gasteiger partial charge in [0.1, 0.15) is 11.5 Å². The fourth-order valence-corrected chi connectivity index (χ4v) is 2.83. The minimum atomic E-state index is 0.00139. The van der Waals surface area contributed by atoms with Crippen LogP contribution in [-0.4, -0.2) is 43.7 Å². The van der Waals surface area contributed by atoms with Gasteiger partial charge in [-0.3, -0.25) is 9.69 Å². The number of likely N-dealkylation sites (tertiary alicyclic amines) is 1. The molecule has 0 spiro atoms. The van der Waals surface area contributed by atoms with Crippen molar-refractivity contribution in [2.45, 2.75) is 39.5 Å². The van der Waals surface area contributed by atoms with Crippen molar-refractivity contribution >= 4 is 11.6 Å². The molecule has 1 aromatic rings. The fraction of sp³-hybridized carbons (Fsp3) is 0.611. The van der Waals surface area contributed by atoms with Crippen LogP contribution in [0.3, 0.4) is 0 Å². The summed E-state index contributed by atoms with van der Waals surface area (Å²) in [5.74, 6) is 1.42. The van der Waals surface area contributed by atoms with Crippen molar-refractivity contribution in [3.63, 3.8) is 0 Å². The van der Waals surface area contributed by atoms with Crippen molar-refractivity contribution in [2.75, 3.05) is 38.2 Å². The highest BCUT2D eigenvalue weighted by atomic mass is 16.5. The van der Waals surface area contributed by atoms with Gasteiger partial charge in [-0.05, 0) is 51.9 Å². The molecule has 1 fully saturated rings. The summed E-state index contributed by atoms with van der Waals surface area (Å²) in [5.41, 5.74) is 0.678. The van der Waals surface area contributed by atoms with Gasteiger partial charge in [0, 0.05) is 6.07 Å². The van der Waals surface area contributed by atoms with E-state index in [-0.39, 0.29) is 5.91 Å². The van der Waals surface area contributed by atoms with E-state index in [9.17, 15) is 4.79 Å². The van der Waals surface area contributed by atoms with Gasteiger partial charge in [0.05, 0.1) is 25.4 Å². The van der Waals surface area contributed by atoms with Crippen LogP contribution in [0.5, 0.6) is 11.5 Å². The second kappa shape index (κ2) is 9.40. The van der Waals surface area contributed by atoms with Crippen LogP contribution in [0.1, 0.15) is 39.5 Å². The van der Waals surface area contributed by atoms with Crippen molar-refractivity contribution in [1.82, 2.24) is 4.90 Å². The highest BCUT2D eigenvalue weighted by Crippen LogP contribution is 2.29. The molecule has 0 atom stereocenters. The number of carbonyl (C=O) groups excluding carboxylic acids is 1. The normalized spacial score (nSPS) is 15.7. The van der Waals surface area contributed by atoms with Gasteiger partial charge in [-0.2, -0.15) is 0 Å². The number of anilines is 1. The number of carbonyl (C=O) groups is 1. The van der Waals surface area contributed by atoms with Crippen LogP contribution >= 0.6 is 0 Å². The molecule has 1 heterocycles. The maximum Gasteiger partial charge on any atom is 0.238 e. The molecule has 23 heavy (non-hydrogen) atoms. The molecule has 0 aromatic heterocycles. The maximum absolute atomic E-state index is 12.4. The van der Waals surface area contributed by atoms with E-state index in [0.717, 1.165) is 18.8 Å². The lowest BCUT2D eigenvalue weighted by molar-refractivity contribution is -0.117. The first-order valence-electron chi connectivity index (χ1n) is 8.64. The number of rotatable bonds is 7. The van der Waals surface area contributed by atoms with Gasteiger partial charge in [0.25, 0.3) is 0 Å². The van der Waals surface area contributed by atoms with Crippen molar-refractivity contribution in [3.05, 3.63) is 18.2 Å². The number of hydrogen-bond acceptors (Lipinski definition) is 4. The van der Waals surface area contributed by atoms with E-state index in [2.05, 4.69) is 10.2 Å². The molecule has 0 aliphatic carbocycles. The van der Waals surface area contributed by atoms with Gasteiger partial charge in [0.2, 0.25) is 5.91 Å². The Balaban J connectivity index is 2.00. The largest absolute Gasteiger partial charge is 0.494 e. The summed E-state index contributed by atoms with van der Waals surface area (Å²) in [7, 11) is 0. The summed E-state index contributed by atoms with van der Waals surface area (Å²) in [6.45, 7) is 7.46. The van der Waals surface area contributed by atoms with E-state index in [1.165, 1.54) is 25.7 Å². The summed E-state index contributed by atoms with van der Waals surface area (Å²) < 4.78 is 11.1. The van der Waals surface area contributed by atoms with Crippen LogP contribution < -0.4 is 14.8 Å². The van der Waals surface area contributed by atoms with Gasteiger partial charge in [-0.15, -0.1) is 0 Å². The highest BCUT2D eigenvalue weighted by molar-refractivity contribution is 5.94. The zero-order valence-corrected chi connectivity index (χ0v) is 14.3. The summed E-state index contributed by atoms with van der Waals surface area (Å²) >= 11 is 0. The Morgan fingerprint density at radius 3 is 2.43 bits per heavy atom. The van der Waals surface area contributed by atoms with Crippen LogP contribution in [-0.2, 0) is 4.79 Å². The lowest BCUT2D eigenvalue weighted by atomic mass is 10.2. The first-order valence-corrected chi connectivity index (χ1v) is 8.64. The molecule has 0 unspecified atom stereocenters. The number of nitrogens with zero attached hydrogens (tertiary/aromatic N) is 1. The molecule has 1 aromatic carbocycles. The van der Waals surface area contributed by atoms with E-state index in [1.54, 1.807) is 0 Å². The summed E-state index contributed by atoms with van der Waals surface area (Å²) in [4.78, 5) is 14.6. The minimum absolute atomic E-state index is 0.00139. The zero-order valence-electron chi connectivity index (χ0n) is 14.3. The second-order valence-corrected chi connectivity index (χ2v) is 5.76. The summed E-state index contributed by atoms with van der Waals surface area (Å²) in [6.07, 6.45) is 4.89. The smallest absolute Gasteiger partial charge is 0.238 e. The molecule has 1 N–H and O–H groups in total. The Hall–Kier alpha value is -1.75. The Bertz CT molecular complexity index is 497. The summed E-state index contributed by atoms with van der Waals surface area (Å²) in [6, 6.07) is 5.53. The molecule has 1 aliphatic rings. The highest BCUT2D eigenvalue weighted by Gasteiger charge is 2.15. The molecule has 5 heteroatoms. The number of hydrogen-bond donors (Lipinski definition) is 1. The lowest BCUT2D eigenvalue weighted by Gasteiger charge is -2.20. The van der Waals surface area contributed by atoms with Gasteiger partial charge in [-0.25, -0.2) is 0 Å². The molecule has 0 saturated carbocycles. The Morgan fingerprint density at radius 1 is 1.09 bits per heavy atom. The molecule has 1 amide bonds. The van der Waals surface area contributed by atoms with Crippen LogP contribution in [0.25, 0.3) is 0 Å². The van der Waals surface area contributed by atoms with E-state index >= 15 is 0 Å². The topological polar surface area (TPSA) is 50.8 Å². The molecular weight excluding hydrogens is 292 g/mol. The molecule has 1 saturated heterocycles. The van der Waals surface area contributed by atoms with Crippen LogP contribution in [0.2, 0.25) is 0 Å². The van der Waals surface area contributed by atoms with Crippen molar-refractivity contribution in [2.24, 2.45) is 0 Å². The van der Waals surface area contributed by atoms with Crippen LogP contribution in [0.15, 0.2) is 18.2 Å². The molecule has 2 rings (SSSR count). The number of amides is 1. The van der Waals surface area contributed by atoms with Gasteiger partial charge in [-0.1, -0.05) is 12.8 Å². The minimum Gasteiger partial charge on any atom is -0.494 e. The first-order chi connectivity index (χ1) is 11.2. The van der Waals surface area contributed by atoms with Gasteiger partial charge in [0.15, 0.2) is 0 Å². The van der Waals surface area contributed by atoms with E-state index in [4.69, 9.17) is 9.47 Å². The predicted octanol–water partition coefficient (Wildman–Crippen LogP) is 3.30. The first kappa shape index (κ1) is 17.6. The zero-order chi connectivity index (χ0) is 16.5. The average Bonchev–Trinajstić information content (AvgIpc) is 2.79. The van der Waals surface area contributed by atoms with E-state index < -0.39 is 0 Å². The van der Waals surface area contributed by atoms with Crippen LogP contribution in [0, 0.1) is 0 Å². The Labute approximate surface area is 139 Å². The van der Waals surface area contributed by atoms with Gasteiger partial charge < -0.3 is 14.8 Å². The average molecular weight is 320 g/mol. The molecule has 0 bridgehead atoms. The Kier molecular flexibility index (Phi) is 7.20. The third-order valence-electron chi connectivity index (χ3n) is 3.90. The van der Waals surface area contributed by atoms with Gasteiger partial charge >= 0.3 is 0 Å². The second-order valence-electron chi connectivity index (χ2n) is 5.76. The van der Waals surface area contributed by atoms with E-state index in [0.29, 0.717) is 31.2 Å². The molecular formula is C18H28N2O3. The molecule has 1 aliphatic heterocycles. The molecule has 128 valence electrons. The summed E-state index contributed by atoms with van der Waals surface area (Å²) in [5, 5.41) is 2.98. The van der Waals surface area contributed by atoms with E-state index in [1.807, 2.05) is 32.0 Å². The number of nitrogens with one attached hydrogen (secondary N) is 1. The predicted molar refractivity (Wildman–Crippen MR) is 92.3 cm³/mol. The maximum atomic E-state index is 12.4. The molecule has 0 radical (unpaired) electrons. The fourth-order valence-electron chi connectivity index (χ4n) is 2.83. The third-order valence-corrected chi connectivity index (χ3v) is 3.90. The number of ether oxygens (including phenoxy) is 2. The number of benzene rings is 1. The Morgan fingerprint density at radius 2 is 1.78 bits per heavy atom. The molecule has 5 nitrogen and oxygen atoms in total. The van der Waals surface area contributed by atoms with Crippen molar-refractivity contribution in [1.29, 1.82) is 0 Å². The standard InChI is InChI=1S/C18H28N2O3/c1-3-22-15-9-10-17(23-4-2)16(13-15)19-18(21)14-20-11-7-5-6-8-12-20/h9-10,13H,3-8,11-12,14H2,1-2H3,(H,19,21). The lowest BCUT2D eigenvalue weighted by Crippen LogP contribution is -2.34. The monoisotopic (exact) mass is 320 g/mol. The third kappa shape index (κ3) is 5.75. The van der Waals surface area contributed by atoms with Crippen molar-refractivity contribution in [3.8, 4) is 11.5 Å². The van der Waals surface area contributed by atoms with Crippen molar-refractivity contribution < 1.29 is 14.3 Å². The quantitative estimate of drug-likeness (QED) is 0.837. The SMILES string of the molecule is CCOc1ccc(OCC)c(NC(=O)CN2CCCCCC2)c1. The van der Waals surface area contributed by atoms with Crippen LogP contribution in [0.4, 0.5) is 5.69 Å².